The molecule has 0 radical (unpaired) electrons. The molecule has 1 aromatic rings. The number of hydrogen-bond acceptors (Lipinski definition) is 4. The summed E-state index contributed by atoms with van der Waals surface area (Å²) in [6.07, 6.45) is -0.881. The van der Waals surface area contributed by atoms with Crippen molar-refractivity contribution < 1.29 is 23.5 Å². The molecule has 1 atom stereocenters. The number of amides is 1. The molecule has 1 aromatic carbocycles. The van der Waals surface area contributed by atoms with Crippen LogP contribution in [0.5, 0.6) is 5.75 Å². The van der Waals surface area contributed by atoms with Crippen molar-refractivity contribution in [2.45, 2.75) is 26.9 Å². The van der Waals surface area contributed by atoms with Crippen LogP contribution in [0.3, 0.4) is 0 Å². The molecule has 0 aliphatic heterocycles. The van der Waals surface area contributed by atoms with Gasteiger partial charge in [0.05, 0.1) is 0 Å². The molecule has 0 saturated carbocycles. The van der Waals surface area contributed by atoms with Crippen molar-refractivity contribution in [1.29, 1.82) is 0 Å². The second kappa shape index (κ2) is 8.24. The van der Waals surface area contributed by atoms with E-state index < -0.39 is 12.1 Å². The smallest absolute Gasteiger partial charge is 0.344 e. The maximum atomic E-state index is 12.7. The molecule has 0 aromatic heterocycles. The Labute approximate surface area is 123 Å². The Bertz CT molecular complexity index is 473. The summed E-state index contributed by atoms with van der Waals surface area (Å²) in [4.78, 5) is 23.2. The first-order valence-electron chi connectivity index (χ1n) is 6.74. The minimum absolute atomic E-state index is 0.318. The largest absolute Gasteiger partial charge is 0.482 e. The Hall–Kier alpha value is -2.11. The maximum absolute atomic E-state index is 12.7. The van der Waals surface area contributed by atoms with Gasteiger partial charge in [-0.2, -0.15) is 0 Å². The molecule has 0 aliphatic rings. The highest BCUT2D eigenvalue weighted by molar-refractivity contribution is 5.83. The fraction of sp³-hybridized carbons (Fsp3) is 0.467. The first-order chi connectivity index (χ1) is 9.88. The molecule has 1 amide bonds. The van der Waals surface area contributed by atoms with Crippen molar-refractivity contribution >= 4 is 11.9 Å². The van der Waals surface area contributed by atoms with E-state index in [1.54, 1.807) is 0 Å². The summed E-state index contributed by atoms with van der Waals surface area (Å²) >= 11 is 0. The SMILES string of the molecule is CC(C)CNC(=O)[C@@H](C)OC(=O)COc1ccc(F)cc1. The number of nitrogens with one attached hydrogen (secondary N) is 1. The fourth-order valence-corrected chi connectivity index (χ4v) is 1.41. The van der Waals surface area contributed by atoms with Gasteiger partial charge in [-0.1, -0.05) is 13.8 Å². The van der Waals surface area contributed by atoms with Gasteiger partial charge in [0, 0.05) is 6.54 Å². The first-order valence-corrected chi connectivity index (χ1v) is 6.74. The molecule has 0 fully saturated rings. The van der Waals surface area contributed by atoms with Crippen molar-refractivity contribution in [3.05, 3.63) is 30.1 Å². The molecular formula is C15H20FNO4. The minimum atomic E-state index is -0.881. The summed E-state index contributed by atoms with van der Waals surface area (Å²) in [6, 6.07) is 5.26. The van der Waals surface area contributed by atoms with Crippen LogP contribution in [0.25, 0.3) is 0 Å². The molecule has 0 unspecified atom stereocenters. The number of ether oxygens (including phenoxy) is 2. The van der Waals surface area contributed by atoms with Gasteiger partial charge in [0.2, 0.25) is 0 Å². The highest BCUT2D eigenvalue weighted by atomic mass is 19.1. The summed E-state index contributed by atoms with van der Waals surface area (Å²) in [5.74, 6) is -0.727. The van der Waals surface area contributed by atoms with Crippen LogP contribution in [0.2, 0.25) is 0 Å². The second-order valence-corrected chi connectivity index (χ2v) is 5.01. The number of rotatable bonds is 7. The summed E-state index contributed by atoms with van der Waals surface area (Å²) in [5, 5.41) is 2.67. The molecule has 0 aliphatic carbocycles. The predicted octanol–water partition coefficient (Wildman–Crippen LogP) is 1.91. The van der Waals surface area contributed by atoms with E-state index >= 15 is 0 Å². The zero-order valence-electron chi connectivity index (χ0n) is 12.4. The van der Waals surface area contributed by atoms with Crippen LogP contribution < -0.4 is 10.1 Å². The molecule has 0 spiro atoms. The van der Waals surface area contributed by atoms with Gasteiger partial charge in [-0.3, -0.25) is 4.79 Å². The van der Waals surface area contributed by atoms with Gasteiger partial charge in [-0.25, -0.2) is 9.18 Å². The number of esters is 1. The Morgan fingerprint density at radius 3 is 2.38 bits per heavy atom. The number of carbonyl (C=O) groups is 2. The summed E-state index contributed by atoms with van der Waals surface area (Å²) in [6.45, 7) is 5.60. The number of carbonyl (C=O) groups excluding carboxylic acids is 2. The van der Waals surface area contributed by atoms with Gasteiger partial charge in [-0.05, 0) is 37.1 Å². The predicted molar refractivity (Wildman–Crippen MR) is 75.3 cm³/mol. The molecule has 1 N–H and O–H groups in total. The molecule has 116 valence electrons. The van der Waals surface area contributed by atoms with Gasteiger partial charge < -0.3 is 14.8 Å². The topological polar surface area (TPSA) is 64.6 Å². The van der Waals surface area contributed by atoms with Crippen molar-refractivity contribution in [3.8, 4) is 5.75 Å². The molecule has 6 heteroatoms. The minimum Gasteiger partial charge on any atom is -0.482 e. The second-order valence-electron chi connectivity index (χ2n) is 5.01. The monoisotopic (exact) mass is 297 g/mol. The lowest BCUT2D eigenvalue weighted by Crippen LogP contribution is -2.38. The zero-order valence-corrected chi connectivity index (χ0v) is 12.4. The Kier molecular flexibility index (Phi) is 6.65. The van der Waals surface area contributed by atoms with E-state index in [4.69, 9.17) is 9.47 Å². The lowest BCUT2D eigenvalue weighted by Gasteiger charge is -2.14. The summed E-state index contributed by atoms with van der Waals surface area (Å²) in [7, 11) is 0. The molecule has 0 saturated heterocycles. The van der Waals surface area contributed by atoms with E-state index in [9.17, 15) is 14.0 Å². The van der Waals surface area contributed by atoms with E-state index in [0.29, 0.717) is 18.2 Å². The summed E-state index contributed by atoms with van der Waals surface area (Å²) in [5.41, 5.74) is 0. The number of halogens is 1. The molecule has 5 nitrogen and oxygen atoms in total. The van der Waals surface area contributed by atoms with Crippen molar-refractivity contribution in [2.24, 2.45) is 5.92 Å². The normalized spacial score (nSPS) is 11.9. The van der Waals surface area contributed by atoms with Crippen LogP contribution in [0, 0.1) is 11.7 Å². The van der Waals surface area contributed by atoms with Gasteiger partial charge >= 0.3 is 5.97 Å². The number of hydrogen-bond donors (Lipinski definition) is 1. The average molecular weight is 297 g/mol. The van der Waals surface area contributed by atoms with Crippen molar-refractivity contribution in [2.75, 3.05) is 13.2 Å². The van der Waals surface area contributed by atoms with Gasteiger partial charge in [-0.15, -0.1) is 0 Å². The molecule has 1 rings (SSSR count). The Morgan fingerprint density at radius 2 is 1.81 bits per heavy atom. The third-order valence-electron chi connectivity index (χ3n) is 2.53. The standard InChI is InChI=1S/C15H20FNO4/c1-10(2)8-17-15(19)11(3)21-14(18)9-20-13-6-4-12(16)5-7-13/h4-7,10-11H,8-9H2,1-3H3,(H,17,19)/t11-/m1/s1. The molecule has 0 bridgehead atoms. The van der Waals surface area contributed by atoms with Crippen LogP contribution in [-0.2, 0) is 14.3 Å². The third-order valence-corrected chi connectivity index (χ3v) is 2.53. The maximum Gasteiger partial charge on any atom is 0.344 e. The first kappa shape index (κ1) is 16.9. The van der Waals surface area contributed by atoms with Gasteiger partial charge in [0.15, 0.2) is 12.7 Å². The van der Waals surface area contributed by atoms with Crippen molar-refractivity contribution in [3.63, 3.8) is 0 Å². The van der Waals surface area contributed by atoms with Gasteiger partial charge in [0.1, 0.15) is 11.6 Å². The number of benzene rings is 1. The van der Waals surface area contributed by atoms with Crippen LogP contribution >= 0.6 is 0 Å². The molecule has 0 heterocycles. The Balaban J connectivity index is 2.32. The quantitative estimate of drug-likeness (QED) is 0.781. The van der Waals surface area contributed by atoms with Crippen molar-refractivity contribution in [1.82, 2.24) is 5.32 Å². The van der Waals surface area contributed by atoms with E-state index in [0.717, 1.165) is 0 Å². The lowest BCUT2D eigenvalue weighted by atomic mass is 10.2. The summed E-state index contributed by atoms with van der Waals surface area (Å²) < 4.78 is 22.8. The average Bonchev–Trinajstić information content (AvgIpc) is 2.44. The van der Waals surface area contributed by atoms with E-state index in [-0.39, 0.29) is 18.3 Å². The third kappa shape index (κ3) is 6.74. The van der Waals surface area contributed by atoms with Crippen LogP contribution in [0.15, 0.2) is 24.3 Å². The lowest BCUT2D eigenvalue weighted by molar-refractivity contribution is -0.156. The van der Waals surface area contributed by atoms with E-state index in [1.807, 2.05) is 13.8 Å². The Morgan fingerprint density at radius 1 is 1.19 bits per heavy atom. The van der Waals surface area contributed by atoms with E-state index in [1.165, 1.54) is 31.2 Å². The zero-order chi connectivity index (χ0) is 15.8. The highest BCUT2D eigenvalue weighted by Gasteiger charge is 2.17. The molecular weight excluding hydrogens is 277 g/mol. The highest BCUT2D eigenvalue weighted by Crippen LogP contribution is 2.11. The van der Waals surface area contributed by atoms with Crippen LogP contribution in [-0.4, -0.2) is 31.1 Å². The van der Waals surface area contributed by atoms with E-state index in [2.05, 4.69) is 5.32 Å². The molecule has 21 heavy (non-hydrogen) atoms. The fourth-order valence-electron chi connectivity index (χ4n) is 1.41. The van der Waals surface area contributed by atoms with Gasteiger partial charge in [0.25, 0.3) is 5.91 Å². The van der Waals surface area contributed by atoms with Crippen LogP contribution in [0.4, 0.5) is 4.39 Å². The van der Waals surface area contributed by atoms with Crippen LogP contribution in [0.1, 0.15) is 20.8 Å².